The molecule has 0 radical (unpaired) electrons. The second kappa shape index (κ2) is 11.8. The SMILES string of the molecule is CCCCC(O)(CCCC)[C@H](c1ccccc1)n1cnc(C(=O)OCC)c1-c1ccccc1. The molecular weight excluding hydrogens is 412 g/mol. The van der Waals surface area contributed by atoms with Gasteiger partial charge in [-0.05, 0) is 25.3 Å². The number of esters is 1. The van der Waals surface area contributed by atoms with Crippen molar-refractivity contribution in [2.45, 2.75) is 70.9 Å². The van der Waals surface area contributed by atoms with Crippen molar-refractivity contribution in [3.8, 4) is 11.3 Å². The van der Waals surface area contributed by atoms with E-state index >= 15 is 0 Å². The van der Waals surface area contributed by atoms with E-state index in [2.05, 4.69) is 18.8 Å². The first kappa shape index (κ1) is 24.7. The molecule has 0 spiro atoms. The van der Waals surface area contributed by atoms with Gasteiger partial charge in [-0.25, -0.2) is 9.78 Å². The molecule has 0 bridgehead atoms. The zero-order valence-electron chi connectivity index (χ0n) is 20.0. The fourth-order valence-electron chi connectivity index (χ4n) is 4.52. The van der Waals surface area contributed by atoms with Crippen molar-refractivity contribution in [3.05, 3.63) is 78.2 Å². The van der Waals surface area contributed by atoms with Crippen molar-refractivity contribution >= 4 is 5.97 Å². The first-order chi connectivity index (χ1) is 16.1. The molecule has 1 heterocycles. The molecular formula is C28H36N2O3. The molecule has 3 rings (SSSR count). The molecule has 0 saturated heterocycles. The van der Waals surface area contributed by atoms with Crippen molar-refractivity contribution in [2.75, 3.05) is 6.61 Å². The molecule has 1 N–H and O–H groups in total. The number of ether oxygens (including phenoxy) is 1. The highest BCUT2D eigenvalue weighted by atomic mass is 16.5. The maximum Gasteiger partial charge on any atom is 0.359 e. The maximum absolute atomic E-state index is 12.8. The summed E-state index contributed by atoms with van der Waals surface area (Å²) in [6.45, 7) is 6.35. The minimum absolute atomic E-state index is 0.275. The van der Waals surface area contributed by atoms with Crippen LogP contribution in [0.5, 0.6) is 0 Å². The number of unbranched alkanes of at least 4 members (excludes halogenated alkanes) is 2. The molecule has 0 aliphatic carbocycles. The number of aliphatic hydroxyl groups is 1. The third-order valence-electron chi connectivity index (χ3n) is 6.14. The first-order valence-electron chi connectivity index (χ1n) is 12.1. The van der Waals surface area contributed by atoms with E-state index in [1.807, 2.05) is 65.2 Å². The molecule has 0 amide bonds. The zero-order valence-corrected chi connectivity index (χ0v) is 20.0. The summed E-state index contributed by atoms with van der Waals surface area (Å²) in [5.74, 6) is -0.451. The molecule has 0 fully saturated rings. The van der Waals surface area contributed by atoms with E-state index in [0.717, 1.165) is 36.8 Å². The summed E-state index contributed by atoms with van der Waals surface area (Å²) in [5, 5.41) is 12.2. The quantitative estimate of drug-likeness (QED) is 0.324. The predicted octanol–water partition coefficient (Wildman–Crippen LogP) is 6.43. The van der Waals surface area contributed by atoms with Gasteiger partial charge in [-0.15, -0.1) is 0 Å². The van der Waals surface area contributed by atoms with Crippen molar-refractivity contribution in [1.82, 2.24) is 9.55 Å². The Morgan fingerprint density at radius 2 is 1.55 bits per heavy atom. The van der Waals surface area contributed by atoms with Gasteiger partial charge in [0.15, 0.2) is 5.69 Å². The number of carbonyl (C=O) groups is 1. The van der Waals surface area contributed by atoms with Gasteiger partial charge < -0.3 is 14.4 Å². The van der Waals surface area contributed by atoms with Gasteiger partial charge in [-0.3, -0.25) is 0 Å². The van der Waals surface area contributed by atoms with Crippen LogP contribution in [0.15, 0.2) is 67.0 Å². The molecule has 0 aliphatic rings. The summed E-state index contributed by atoms with van der Waals surface area (Å²) in [7, 11) is 0. The number of hydrogen-bond acceptors (Lipinski definition) is 4. The molecule has 0 saturated carbocycles. The van der Waals surface area contributed by atoms with Gasteiger partial charge in [-0.2, -0.15) is 0 Å². The number of hydrogen-bond donors (Lipinski definition) is 1. The molecule has 33 heavy (non-hydrogen) atoms. The highest BCUT2D eigenvalue weighted by Gasteiger charge is 2.40. The Labute approximate surface area is 197 Å². The van der Waals surface area contributed by atoms with E-state index in [9.17, 15) is 9.90 Å². The van der Waals surface area contributed by atoms with Gasteiger partial charge in [-0.1, -0.05) is 100 Å². The summed E-state index contributed by atoms with van der Waals surface area (Å²) in [4.78, 5) is 17.4. The van der Waals surface area contributed by atoms with Crippen LogP contribution in [0.1, 0.15) is 81.4 Å². The third kappa shape index (κ3) is 5.72. The number of imidazole rings is 1. The topological polar surface area (TPSA) is 64.3 Å². The van der Waals surface area contributed by atoms with E-state index in [1.165, 1.54) is 0 Å². The number of nitrogens with zero attached hydrogens (tertiary/aromatic N) is 2. The highest BCUT2D eigenvalue weighted by molar-refractivity contribution is 5.94. The number of rotatable bonds is 12. The second-order valence-electron chi connectivity index (χ2n) is 8.56. The van der Waals surface area contributed by atoms with Gasteiger partial charge in [0.2, 0.25) is 0 Å². The van der Waals surface area contributed by atoms with Crippen molar-refractivity contribution in [2.24, 2.45) is 0 Å². The predicted molar refractivity (Wildman–Crippen MR) is 132 cm³/mol. The highest BCUT2D eigenvalue weighted by Crippen LogP contribution is 2.41. The van der Waals surface area contributed by atoms with Gasteiger partial charge in [0.1, 0.15) is 0 Å². The summed E-state index contributed by atoms with van der Waals surface area (Å²) in [6.07, 6.45) is 6.87. The lowest BCUT2D eigenvalue weighted by molar-refractivity contribution is -0.0172. The molecule has 5 heteroatoms. The fourth-order valence-corrected chi connectivity index (χ4v) is 4.52. The van der Waals surface area contributed by atoms with Crippen molar-refractivity contribution in [3.63, 3.8) is 0 Å². The number of benzene rings is 2. The molecule has 1 atom stereocenters. The average Bonchev–Trinajstić information content (AvgIpc) is 3.27. The molecule has 5 nitrogen and oxygen atoms in total. The summed E-state index contributed by atoms with van der Waals surface area (Å²) in [5.41, 5.74) is 1.83. The van der Waals surface area contributed by atoms with Gasteiger partial charge in [0.05, 0.1) is 30.3 Å². The minimum Gasteiger partial charge on any atom is -0.461 e. The van der Waals surface area contributed by atoms with Gasteiger partial charge in [0, 0.05) is 5.56 Å². The van der Waals surface area contributed by atoms with Crippen LogP contribution in [-0.2, 0) is 4.74 Å². The van der Waals surface area contributed by atoms with Crippen LogP contribution < -0.4 is 0 Å². The molecule has 2 aromatic carbocycles. The lowest BCUT2D eigenvalue weighted by Crippen LogP contribution is -2.40. The van der Waals surface area contributed by atoms with E-state index < -0.39 is 11.6 Å². The normalized spacial score (nSPS) is 12.5. The Hall–Kier alpha value is -2.92. The lowest BCUT2D eigenvalue weighted by Gasteiger charge is -2.39. The van der Waals surface area contributed by atoms with Crippen LogP contribution in [0.3, 0.4) is 0 Å². The third-order valence-corrected chi connectivity index (χ3v) is 6.14. The number of aromatic nitrogens is 2. The maximum atomic E-state index is 12.8. The summed E-state index contributed by atoms with van der Waals surface area (Å²) < 4.78 is 7.32. The van der Waals surface area contributed by atoms with Crippen LogP contribution in [0.4, 0.5) is 0 Å². The van der Waals surface area contributed by atoms with E-state index in [4.69, 9.17) is 4.74 Å². The molecule has 1 aromatic heterocycles. The van der Waals surface area contributed by atoms with Crippen LogP contribution >= 0.6 is 0 Å². The Morgan fingerprint density at radius 3 is 2.09 bits per heavy atom. The van der Waals surface area contributed by atoms with Crippen LogP contribution in [0.2, 0.25) is 0 Å². The standard InChI is InChI=1S/C28H36N2O3/c1-4-7-19-28(32,20-8-5-2)26(23-17-13-10-14-18-23)30-21-29-24(27(31)33-6-3)25(30)22-15-11-9-12-16-22/h9-18,21,26,32H,4-8,19-20H2,1-3H3/t26-/m0/s1. The van der Waals surface area contributed by atoms with Crippen molar-refractivity contribution < 1.29 is 14.6 Å². The van der Waals surface area contributed by atoms with Gasteiger partial charge in [0.25, 0.3) is 0 Å². The largest absolute Gasteiger partial charge is 0.461 e. The minimum atomic E-state index is -0.983. The first-order valence-corrected chi connectivity index (χ1v) is 12.1. The molecule has 3 aromatic rings. The summed E-state index contributed by atoms with van der Waals surface area (Å²) in [6, 6.07) is 19.4. The Kier molecular flexibility index (Phi) is 8.84. The average molecular weight is 449 g/mol. The lowest BCUT2D eigenvalue weighted by atomic mass is 9.80. The summed E-state index contributed by atoms with van der Waals surface area (Å²) >= 11 is 0. The smallest absolute Gasteiger partial charge is 0.359 e. The van der Waals surface area contributed by atoms with Crippen LogP contribution in [0, 0.1) is 0 Å². The van der Waals surface area contributed by atoms with E-state index in [1.54, 1.807) is 13.3 Å². The van der Waals surface area contributed by atoms with Crippen molar-refractivity contribution in [1.29, 1.82) is 0 Å². The van der Waals surface area contributed by atoms with Crippen LogP contribution in [-0.4, -0.2) is 32.8 Å². The number of carbonyl (C=O) groups excluding carboxylic acids is 1. The van der Waals surface area contributed by atoms with Gasteiger partial charge >= 0.3 is 5.97 Å². The fraction of sp³-hybridized carbons (Fsp3) is 0.429. The zero-order chi connectivity index (χ0) is 23.7. The van der Waals surface area contributed by atoms with E-state index in [-0.39, 0.29) is 18.3 Å². The Balaban J connectivity index is 2.25. The Morgan fingerprint density at radius 1 is 0.970 bits per heavy atom. The molecule has 0 unspecified atom stereocenters. The Bertz CT molecular complexity index is 990. The van der Waals surface area contributed by atoms with Crippen LogP contribution in [0.25, 0.3) is 11.3 Å². The second-order valence-corrected chi connectivity index (χ2v) is 8.56. The molecule has 176 valence electrons. The molecule has 0 aliphatic heterocycles. The monoisotopic (exact) mass is 448 g/mol. The van der Waals surface area contributed by atoms with E-state index in [0.29, 0.717) is 18.5 Å².